The van der Waals surface area contributed by atoms with Gasteiger partial charge in [-0.2, -0.15) is 5.10 Å². The van der Waals surface area contributed by atoms with Gasteiger partial charge < -0.3 is 24.3 Å². The van der Waals surface area contributed by atoms with Gasteiger partial charge in [-0.05, 0) is 35.9 Å². The number of carbonyl (C=O) groups excluding carboxylic acids is 3. The quantitative estimate of drug-likeness (QED) is 0.373. The number of rotatable bonds is 8. The van der Waals surface area contributed by atoms with E-state index < -0.39 is 17.8 Å². The van der Waals surface area contributed by atoms with Crippen LogP contribution in [-0.2, 0) is 14.3 Å². The lowest BCUT2D eigenvalue weighted by Gasteiger charge is -2.06. The molecule has 10 heteroatoms. The van der Waals surface area contributed by atoms with Crippen molar-refractivity contribution in [3.05, 3.63) is 53.6 Å². The molecule has 2 N–H and O–H groups in total. The molecule has 0 saturated carbocycles. The summed E-state index contributed by atoms with van der Waals surface area (Å²) in [7, 11) is 1.27. The van der Waals surface area contributed by atoms with Crippen molar-refractivity contribution in [2.75, 3.05) is 27.1 Å². The van der Waals surface area contributed by atoms with Crippen LogP contribution in [0.3, 0.4) is 0 Å². The van der Waals surface area contributed by atoms with Crippen LogP contribution in [0.15, 0.2) is 47.6 Å². The molecule has 0 spiro atoms. The van der Waals surface area contributed by atoms with Gasteiger partial charge in [-0.25, -0.2) is 10.2 Å². The number of carbonyl (C=O) groups is 3. The molecule has 156 valence electrons. The van der Waals surface area contributed by atoms with Crippen LogP contribution in [-0.4, -0.2) is 51.1 Å². The Labute approximate surface area is 171 Å². The highest BCUT2D eigenvalue weighted by atomic mass is 16.7. The smallest absolute Gasteiger partial charge is 0.343 e. The minimum Gasteiger partial charge on any atom is -0.482 e. The molecule has 1 heterocycles. The SMILES string of the molecule is COC(=O)COc1cccc(C=NNC(=O)CNC(=O)c2ccc3c(c2)OCO3)c1. The van der Waals surface area contributed by atoms with Gasteiger partial charge in [0.1, 0.15) is 5.75 Å². The zero-order valence-electron chi connectivity index (χ0n) is 16.0. The highest BCUT2D eigenvalue weighted by molar-refractivity contribution is 5.97. The molecular formula is C20H19N3O7. The van der Waals surface area contributed by atoms with Gasteiger partial charge in [-0.3, -0.25) is 9.59 Å². The van der Waals surface area contributed by atoms with Crippen molar-refractivity contribution in [1.82, 2.24) is 10.7 Å². The van der Waals surface area contributed by atoms with Crippen molar-refractivity contribution in [3.63, 3.8) is 0 Å². The lowest BCUT2D eigenvalue weighted by atomic mass is 10.2. The largest absolute Gasteiger partial charge is 0.482 e. The van der Waals surface area contributed by atoms with Gasteiger partial charge in [0, 0.05) is 5.56 Å². The maximum absolute atomic E-state index is 12.1. The van der Waals surface area contributed by atoms with E-state index in [1.165, 1.54) is 13.3 Å². The zero-order valence-corrected chi connectivity index (χ0v) is 16.0. The summed E-state index contributed by atoms with van der Waals surface area (Å²) in [5.41, 5.74) is 3.30. The molecular weight excluding hydrogens is 394 g/mol. The second-order valence-electron chi connectivity index (χ2n) is 5.98. The first-order valence-electron chi connectivity index (χ1n) is 8.84. The third-order valence-corrected chi connectivity index (χ3v) is 3.89. The molecule has 0 radical (unpaired) electrons. The normalized spacial score (nSPS) is 11.8. The van der Waals surface area contributed by atoms with Gasteiger partial charge in [-0.1, -0.05) is 12.1 Å². The standard InChI is InChI=1S/C20H19N3O7/c1-27-19(25)11-28-15-4-2-3-13(7-15)9-22-23-18(24)10-21-20(26)14-5-6-16-17(8-14)30-12-29-16/h2-9H,10-12H2,1H3,(H,21,26)(H,23,24). The molecule has 30 heavy (non-hydrogen) atoms. The molecule has 2 aromatic carbocycles. The molecule has 0 fully saturated rings. The van der Waals surface area contributed by atoms with Crippen LogP contribution in [0.4, 0.5) is 0 Å². The number of esters is 1. The third-order valence-electron chi connectivity index (χ3n) is 3.89. The van der Waals surface area contributed by atoms with Gasteiger partial charge in [-0.15, -0.1) is 0 Å². The second kappa shape index (κ2) is 9.92. The van der Waals surface area contributed by atoms with E-state index >= 15 is 0 Å². The number of hydrogen-bond donors (Lipinski definition) is 2. The first kappa shape index (κ1) is 20.6. The molecule has 10 nitrogen and oxygen atoms in total. The van der Waals surface area contributed by atoms with E-state index in [-0.39, 0.29) is 19.9 Å². The number of ether oxygens (including phenoxy) is 4. The second-order valence-corrected chi connectivity index (χ2v) is 5.98. The summed E-state index contributed by atoms with van der Waals surface area (Å²) >= 11 is 0. The fraction of sp³-hybridized carbons (Fsp3) is 0.200. The van der Waals surface area contributed by atoms with Crippen molar-refractivity contribution in [2.45, 2.75) is 0 Å². The Morgan fingerprint density at radius 2 is 1.97 bits per heavy atom. The summed E-state index contributed by atoms with van der Waals surface area (Å²) in [5.74, 6) is 0.0741. The predicted molar refractivity (Wildman–Crippen MR) is 105 cm³/mol. The lowest BCUT2D eigenvalue weighted by Crippen LogP contribution is -2.34. The number of methoxy groups -OCH3 is 1. The Kier molecular flexibility index (Phi) is 6.83. The number of hydrogen-bond acceptors (Lipinski definition) is 8. The van der Waals surface area contributed by atoms with Crippen molar-refractivity contribution in [1.29, 1.82) is 0 Å². The van der Waals surface area contributed by atoms with Crippen molar-refractivity contribution < 1.29 is 33.3 Å². The van der Waals surface area contributed by atoms with Crippen molar-refractivity contribution in [2.24, 2.45) is 5.10 Å². The maximum Gasteiger partial charge on any atom is 0.343 e. The lowest BCUT2D eigenvalue weighted by molar-refractivity contribution is -0.142. The molecule has 0 saturated heterocycles. The Morgan fingerprint density at radius 1 is 1.13 bits per heavy atom. The summed E-state index contributed by atoms with van der Waals surface area (Å²) in [5, 5.41) is 6.33. The van der Waals surface area contributed by atoms with Crippen molar-refractivity contribution in [3.8, 4) is 17.2 Å². The van der Waals surface area contributed by atoms with E-state index in [4.69, 9.17) is 14.2 Å². The van der Waals surface area contributed by atoms with Crippen LogP contribution >= 0.6 is 0 Å². The first-order chi connectivity index (χ1) is 14.5. The average molecular weight is 413 g/mol. The Bertz CT molecular complexity index is 975. The molecule has 2 amide bonds. The molecule has 3 rings (SSSR count). The van der Waals surface area contributed by atoms with Gasteiger partial charge in [0.2, 0.25) is 6.79 Å². The van der Waals surface area contributed by atoms with Crippen LogP contribution in [0.25, 0.3) is 0 Å². The number of nitrogens with one attached hydrogen (secondary N) is 2. The minimum atomic E-state index is -0.501. The highest BCUT2D eigenvalue weighted by Gasteiger charge is 2.16. The fourth-order valence-electron chi connectivity index (χ4n) is 2.40. The number of benzene rings is 2. The molecule has 0 aromatic heterocycles. The fourth-order valence-corrected chi connectivity index (χ4v) is 2.40. The molecule has 1 aliphatic heterocycles. The number of nitrogens with zero attached hydrogens (tertiary/aromatic N) is 1. The van der Waals surface area contributed by atoms with Gasteiger partial charge in [0.05, 0.1) is 19.9 Å². The van der Waals surface area contributed by atoms with Gasteiger partial charge in [0.15, 0.2) is 18.1 Å². The van der Waals surface area contributed by atoms with E-state index in [0.717, 1.165) is 0 Å². The number of amides is 2. The number of hydrazone groups is 1. The van der Waals surface area contributed by atoms with E-state index in [0.29, 0.717) is 28.4 Å². The molecule has 2 aromatic rings. The van der Waals surface area contributed by atoms with E-state index in [1.54, 1.807) is 42.5 Å². The first-order valence-corrected chi connectivity index (χ1v) is 8.84. The zero-order chi connectivity index (χ0) is 21.3. The summed E-state index contributed by atoms with van der Waals surface area (Å²) in [6, 6.07) is 11.5. The van der Waals surface area contributed by atoms with Crippen LogP contribution in [0.1, 0.15) is 15.9 Å². The highest BCUT2D eigenvalue weighted by Crippen LogP contribution is 2.32. The average Bonchev–Trinajstić information content (AvgIpc) is 3.24. The molecule has 0 atom stereocenters. The Balaban J connectivity index is 1.44. The Hall–Kier alpha value is -4.08. The van der Waals surface area contributed by atoms with Crippen LogP contribution in [0, 0.1) is 0 Å². The summed E-state index contributed by atoms with van der Waals surface area (Å²) < 4.78 is 20.2. The minimum absolute atomic E-state index is 0.112. The van der Waals surface area contributed by atoms with Crippen LogP contribution < -0.4 is 25.0 Å². The molecule has 0 aliphatic carbocycles. The van der Waals surface area contributed by atoms with Crippen LogP contribution in [0.2, 0.25) is 0 Å². The van der Waals surface area contributed by atoms with E-state index in [2.05, 4.69) is 20.6 Å². The van der Waals surface area contributed by atoms with Crippen LogP contribution in [0.5, 0.6) is 17.2 Å². The predicted octanol–water partition coefficient (Wildman–Crippen LogP) is 0.847. The molecule has 0 bridgehead atoms. The van der Waals surface area contributed by atoms with Gasteiger partial charge in [0.25, 0.3) is 11.8 Å². The van der Waals surface area contributed by atoms with E-state index in [9.17, 15) is 14.4 Å². The number of fused-ring (bicyclic) bond motifs is 1. The Morgan fingerprint density at radius 3 is 2.80 bits per heavy atom. The monoisotopic (exact) mass is 413 g/mol. The van der Waals surface area contributed by atoms with Gasteiger partial charge >= 0.3 is 5.97 Å². The summed E-state index contributed by atoms with van der Waals surface area (Å²) in [4.78, 5) is 35.1. The van der Waals surface area contributed by atoms with E-state index in [1.807, 2.05) is 0 Å². The third kappa shape index (κ3) is 5.71. The summed E-state index contributed by atoms with van der Waals surface area (Å²) in [6.07, 6.45) is 1.41. The van der Waals surface area contributed by atoms with Crippen molar-refractivity contribution >= 4 is 24.0 Å². The maximum atomic E-state index is 12.1. The molecule has 1 aliphatic rings. The topological polar surface area (TPSA) is 125 Å². The summed E-state index contributed by atoms with van der Waals surface area (Å²) in [6.45, 7) is -0.356. The molecule has 0 unspecified atom stereocenters.